The lowest BCUT2D eigenvalue weighted by molar-refractivity contribution is 0.0949. The predicted octanol–water partition coefficient (Wildman–Crippen LogP) is 1.17. The van der Waals surface area contributed by atoms with Crippen LogP contribution >= 0.6 is 0 Å². The Balaban J connectivity index is 1.87. The van der Waals surface area contributed by atoms with Crippen molar-refractivity contribution in [2.24, 2.45) is 0 Å². The molecule has 0 aliphatic carbocycles. The largest absolute Gasteiger partial charge is 0.382 e. The third-order valence-electron chi connectivity index (χ3n) is 2.47. The fourth-order valence-electron chi connectivity index (χ4n) is 1.59. The highest BCUT2D eigenvalue weighted by Gasteiger charge is 2.07. The zero-order valence-electron chi connectivity index (χ0n) is 10.1. The standard InChI is InChI=1S/C13H13FN4O/c14-10-3-1-2-9(6-10)4-5-17-13(19)11-7-16-8-12(15)18-11/h1-3,6-8H,4-5H2,(H2,15,18)(H,17,19). The molecule has 0 atom stereocenters. The number of nitrogens with two attached hydrogens (primary N) is 1. The zero-order chi connectivity index (χ0) is 13.7. The molecular weight excluding hydrogens is 247 g/mol. The summed E-state index contributed by atoms with van der Waals surface area (Å²) in [5.74, 6) is -0.445. The van der Waals surface area contributed by atoms with Gasteiger partial charge in [0.2, 0.25) is 0 Å². The number of amides is 1. The molecule has 0 fully saturated rings. The van der Waals surface area contributed by atoms with Gasteiger partial charge in [0.25, 0.3) is 5.91 Å². The van der Waals surface area contributed by atoms with E-state index < -0.39 is 0 Å². The van der Waals surface area contributed by atoms with E-state index in [1.807, 2.05) is 0 Å². The average molecular weight is 260 g/mol. The molecule has 98 valence electrons. The summed E-state index contributed by atoms with van der Waals surface area (Å²) >= 11 is 0. The summed E-state index contributed by atoms with van der Waals surface area (Å²) < 4.78 is 12.9. The molecule has 1 amide bonds. The Morgan fingerprint density at radius 3 is 2.95 bits per heavy atom. The number of hydrogen-bond acceptors (Lipinski definition) is 4. The number of anilines is 1. The molecule has 0 spiro atoms. The maximum absolute atomic E-state index is 12.9. The van der Waals surface area contributed by atoms with Crippen molar-refractivity contribution in [1.29, 1.82) is 0 Å². The van der Waals surface area contributed by atoms with Gasteiger partial charge >= 0.3 is 0 Å². The van der Waals surface area contributed by atoms with E-state index in [1.54, 1.807) is 12.1 Å². The normalized spacial score (nSPS) is 10.2. The van der Waals surface area contributed by atoms with Crippen molar-refractivity contribution in [2.75, 3.05) is 12.3 Å². The van der Waals surface area contributed by atoms with Crippen LogP contribution in [0.2, 0.25) is 0 Å². The third kappa shape index (κ3) is 3.74. The minimum Gasteiger partial charge on any atom is -0.382 e. The molecule has 0 unspecified atom stereocenters. The topological polar surface area (TPSA) is 80.9 Å². The van der Waals surface area contributed by atoms with Crippen LogP contribution in [0.4, 0.5) is 10.2 Å². The van der Waals surface area contributed by atoms with Crippen molar-refractivity contribution in [3.63, 3.8) is 0 Å². The Morgan fingerprint density at radius 2 is 2.21 bits per heavy atom. The second kappa shape index (κ2) is 5.90. The molecule has 5 nitrogen and oxygen atoms in total. The molecule has 6 heteroatoms. The number of nitrogen functional groups attached to an aromatic ring is 1. The van der Waals surface area contributed by atoms with Crippen molar-refractivity contribution >= 4 is 11.7 Å². The average Bonchev–Trinajstić information content (AvgIpc) is 2.38. The molecule has 0 aliphatic heterocycles. The Bertz CT molecular complexity index is 588. The molecule has 1 aromatic carbocycles. The Hall–Kier alpha value is -2.50. The van der Waals surface area contributed by atoms with Gasteiger partial charge in [0.05, 0.1) is 12.4 Å². The monoisotopic (exact) mass is 260 g/mol. The first kappa shape index (κ1) is 12.9. The molecule has 0 saturated carbocycles. The van der Waals surface area contributed by atoms with Gasteiger partial charge in [0.15, 0.2) is 0 Å². The minimum atomic E-state index is -0.351. The number of aromatic nitrogens is 2. The van der Waals surface area contributed by atoms with E-state index in [0.29, 0.717) is 13.0 Å². The molecule has 0 aliphatic rings. The summed E-state index contributed by atoms with van der Waals surface area (Å²) in [5.41, 5.74) is 6.42. The van der Waals surface area contributed by atoms with Crippen LogP contribution in [-0.4, -0.2) is 22.4 Å². The molecule has 0 bridgehead atoms. The molecule has 1 aromatic heterocycles. The Morgan fingerprint density at radius 1 is 1.37 bits per heavy atom. The van der Waals surface area contributed by atoms with Gasteiger partial charge in [-0.2, -0.15) is 0 Å². The first-order valence-electron chi connectivity index (χ1n) is 5.75. The predicted molar refractivity (Wildman–Crippen MR) is 68.9 cm³/mol. The molecule has 0 saturated heterocycles. The lowest BCUT2D eigenvalue weighted by Gasteiger charge is -2.05. The lowest BCUT2D eigenvalue weighted by Crippen LogP contribution is -2.26. The van der Waals surface area contributed by atoms with Crippen LogP contribution in [0, 0.1) is 5.82 Å². The highest BCUT2D eigenvalue weighted by molar-refractivity contribution is 5.92. The Labute approximate surface area is 109 Å². The second-order valence-electron chi connectivity index (χ2n) is 3.97. The fraction of sp³-hybridized carbons (Fsp3) is 0.154. The lowest BCUT2D eigenvalue weighted by atomic mass is 10.1. The summed E-state index contributed by atoms with van der Waals surface area (Å²) in [4.78, 5) is 19.4. The SMILES string of the molecule is Nc1cncc(C(=O)NCCc2cccc(F)c2)n1. The van der Waals surface area contributed by atoms with Crippen molar-refractivity contribution in [2.45, 2.75) is 6.42 Å². The van der Waals surface area contributed by atoms with E-state index >= 15 is 0 Å². The van der Waals surface area contributed by atoms with Gasteiger partial charge in [0, 0.05) is 6.54 Å². The molecular formula is C13H13FN4O. The van der Waals surface area contributed by atoms with Crippen LogP contribution in [0.15, 0.2) is 36.7 Å². The van der Waals surface area contributed by atoms with Crippen molar-refractivity contribution in [3.8, 4) is 0 Å². The minimum absolute atomic E-state index is 0.166. The van der Waals surface area contributed by atoms with Gasteiger partial charge in [-0.1, -0.05) is 12.1 Å². The number of nitrogens with one attached hydrogen (secondary N) is 1. The summed E-state index contributed by atoms with van der Waals surface area (Å²) in [6.07, 6.45) is 3.25. The highest BCUT2D eigenvalue weighted by atomic mass is 19.1. The number of halogens is 1. The zero-order valence-corrected chi connectivity index (χ0v) is 10.1. The number of hydrogen-bond donors (Lipinski definition) is 2. The molecule has 0 radical (unpaired) electrons. The Kier molecular flexibility index (Phi) is 4.02. The smallest absolute Gasteiger partial charge is 0.271 e. The van der Waals surface area contributed by atoms with Crippen LogP contribution < -0.4 is 11.1 Å². The number of nitrogens with zero attached hydrogens (tertiary/aromatic N) is 2. The van der Waals surface area contributed by atoms with E-state index in [4.69, 9.17) is 5.73 Å². The number of carbonyl (C=O) groups is 1. The fourth-order valence-corrected chi connectivity index (χ4v) is 1.59. The maximum atomic E-state index is 12.9. The van der Waals surface area contributed by atoms with Gasteiger partial charge in [-0.25, -0.2) is 9.37 Å². The second-order valence-corrected chi connectivity index (χ2v) is 3.97. The van der Waals surface area contributed by atoms with Gasteiger partial charge in [0.1, 0.15) is 17.3 Å². The van der Waals surface area contributed by atoms with Crippen LogP contribution in [0.1, 0.15) is 16.1 Å². The van der Waals surface area contributed by atoms with Gasteiger partial charge in [-0.05, 0) is 24.1 Å². The summed E-state index contributed by atoms with van der Waals surface area (Å²) in [5, 5.41) is 2.67. The molecule has 1 heterocycles. The van der Waals surface area contributed by atoms with Crippen LogP contribution in [0.25, 0.3) is 0 Å². The van der Waals surface area contributed by atoms with Crippen molar-refractivity contribution < 1.29 is 9.18 Å². The number of carbonyl (C=O) groups excluding carboxylic acids is 1. The van der Waals surface area contributed by atoms with Crippen LogP contribution in [0.3, 0.4) is 0 Å². The van der Waals surface area contributed by atoms with E-state index in [1.165, 1.54) is 24.5 Å². The first-order chi connectivity index (χ1) is 9.15. The van der Waals surface area contributed by atoms with E-state index in [2.05, 4.69) is 15.3 Å². The number of benzene rings is 1. The van der Waals surface area contributed by atoms with Crippen LogP contribution in [-0.2, 0) is 6.42 Å². The summed E-state index contributed by atoms with van der Waals surface area (Å²) in [7, 11) is 0. The summed E-state index contributed by atoms with van der Waals surface area (Å²) in [6.45, 7) is 0.388. The maximum Gasteiger partial charge on any atom is 0.271 e. The molecule has 19 heavy (non-hydrogen) atoms. The highest BCUT2D eigenvalue weighted by Crippen LogP contribution is 2.03. The molecule has 2 aromatic rings. The van der Waals surface area contributed by atoms with Crippen molar-refractivity contribution in [1.82, 2.24) is 15.3 Å². The van der Waals surface area contributed by atoms with Gasteiger partial charge in [-0.15, -0.1) is 0 Å². The first-order valence-corrected chi connectivity index (χ1v) is 5.75. The quantitative estimate of drug-likeness (QED) is 0.864. The van der Waals surface area contributed by atoms with Crippen molar-refractivity contribution in [3.05, 3.63) is 53.7 Å². The van der Waals surface area contributed by atoms with E-state index in [-0.39, 0.29) is 23.2 Å². The van der Waals surface area contributed by atoms with E-state index in [0.717, 1.165) is 5.56 Å². The summed E-state index contributed by atoms with van der Waals surface area (Å²) in [6, 6.07) is 6.25. The molecule has 2 rings (SSSR count). The van der Waals surface area contributed by atoms with Gasteiger partial charge in [-0.3, -0.25) is 9.78 Å². The number of rotatable bonds is 4. The third-order valence-corrected chi connectivity index (χ3v) is 2.47. The van der Waals surface area contributed by atoms with Crippen LogP contribution in [0.5, 0.6) is 0 Å². The van der Waals surface area contributed by atoms with Gasteiger partial charge < -0.3 is 11.1 Å². The van der Waals surface area contributed by atoms with E-state index in [9.17, 15) is 9.18 Å². The molecule has 3 N–H and O–H groups in total.